The number of aromatic amines is 1. The molecule has 1 aromatic heterocycles. The Morgan fingerprint density at radius 3 is 2.70 bits per heavy atom. The molecule has 1 aliphatic carbocycles. The van der Waals surface area contributed by atoms with Crippen LogP contribution >= 0.6 is 0 Å². The Kier molecular flexibility index (Phi) is 6.07. The maximum absolute atomic E-state index is 13.5. The lowest BCUT2D eigenvalue weighted by molar-refractivity contribution is -0.140. The fourth-order valence-electron chi connectivity index (χ4n) is 3.61. The van der Waals surface area contributed by atoms with Crippen LogP contribution in [0.5, 0.6) is 0 Å². The van der Waals surface area contributed by atoms with Crippen molar-refractivity contribution in [2.75, 3.05) is 19.0 Å². The zero-order valence-corrected chi connectivity index (χ0v) is 17.4. The fourth-order valence-corrected chi connectivity index (χ4v) is 3.61. The minimum atomic E-state index is -4.91. The van der Waals surface area contributed by atoms with Crippen molar-refractivity contribution >= 4 is 28.5 Å². The van der Waals surface area contributed by atoms with E-state index < -0.39 is 41.3 Å². The largest absolute Gasteiger partial charge is 0.419 e. The first-order valence-corrected chi connectivity index (χ1v) is 10.1. The fraction of sp³-hybridized carbons (Fsp3) is 0.318. The van der Waals surface area contributed by atoms with E-state index in [-0.39, 0.29) is 18.2 Å². The average molecular weight is 464 g/mol. The molecule has 0 aliphatic heterocycles. The number of imidazole rings is 1. The molecule has 4 rings (SSSR count). The molecule has 1 aliphatic rings. The third kappa shape index (κ3) is 4.98. The molecule has 0 saturated heterocycles. The number of nitrogens with one attached hydrogen (secondary N) is 3. The summed E-state index contributed by atoms with van der Waals surface area (Å²) in [5.41, 5.74) is -0.115. The Balaban J connectivity index is 1.41. The third-order valence-corrected chi connectivity index (χ3v) is 5.39. The summed E-state index contributed by atoms with van der Waals surface area (Å²) in [5.74, 6) is -2.49. The lowest BCUT2D eigenvalue weighted by Crippen LogP contribution is -2.47. The van der Waals surface area contributed by atoms with Crippen LogP contribution in [-0.4, -0.2) is 41.5 Å². The second kappa shape index (κ2) is 8.81. The Bertz CT molecular complexity index is 1160. The van der Waals surface area contributed by atoms with Gasteiger partial charge in [0.15, 0.2) is 0 Å². The maximum Gasteiger partial charge on any atom is 0.419 e. The molecular formula is C22H20F4N4O3. The van der Waals surface area contributed by atoms with Gasteiger partial charge in [0.05, 0.1) is 23.2 Å². The van der Waals surface area contributed by atoms with Crippen LogP contribution in [0.1, 0.15) is 23.7 Å². The van der Waals surface area contributed by atoms with Crippen molar-refractivity contribution in [3.8, 4) is 0 Å². The number of anilines is 1. The summed E-state index contributed by atoms with van der Waals surface area (Å²) >= 11 is 0. The molecule has 174 valence electrons. The number of halogens is 4. The first-order valence-electron chi connectivity index (χ1n) is 10.1. The first-order chi connectivity index (χ1) is 15.7. The molecule has 3 aromatic rings. The number of carbonyl (C=O) groups excluding carboxylic acids is 2. The van der Waals surface area contributed by atoms with Crippen LogP contribution in [0.2, 0.25) is 0 Å². The monoisotopic (exact) mass is 464 g/mol. The van der Waals surface area contributed by atoms with Crippen LogP contribution in [0.3, 0.4) is 0 Å². The topological polar surface area (TPSA) is 96.1 Å². The van der Waals surface area contributed by atoms with E-state index >= 15 is 0 Å². The quantitative estimate of drug-likeness (QED) is 0.466. The number of carbonyl (C=O) groups is 2. The highest BCUT2D eigenvalue weighted by Gasteiger charge is 2.46. The molecule has 33 heavy (non-hydrogen) atoms. The lowest BCUT2D eigenvalue weighted by Gasteiger charge is -2.18. The van der Waals surface area contributed by atoms with E-state index in [1.165, 1.54) is 7.11 Å². The predicted octanol–water partition coefficient (Wildman–Crippen LogP) is 3.59. The summed E-state index contributed by atoms with van der Waals surface area (Å²) in [5, 5.41) is 4.85. The van der Waals surface area contributed by atoms with E-state index in [1.807, 2.05) is 24.3 Å². The van der Waals surface area contributed by atoms with Gasteiger partial charge < -0.3 is 20.4 Å². The molecule has 0 bridgehead atoms. The molecule has 3 atom stereocenters. The number of benzene rings is 2. The Morgan fingerprint density at radius 1 is 1.24 bits per heavy atom. The highest BCUT2D eigenvalue weighted by Crippen LogP contribution is 2.46. The van der Waals surface area contributed by atoms with Crippen LogP contribution in [0.25, 0.3) is 11.0 Å². The first kappa shape index (κ1) is 22.7. The highest BCUT2D eigenvalue weighted by atomic mass is 19.4. The summed E-state index contributed by atoms with van der Waals surface area (Å²) in [6.45, 7) is -0.201. The van der Waals surface area contributed by atoms with E-state index in [0.29, 0.717) is 24.4 Å². The standard InChI is InChI=1S/C22H20F4N4O3/c1-33-10-18(21(32)27-11-6-7-15(23)14(8-11)22(24,25)26)30-20(31)13-9-12(13)19-28-16-4-2-3-5-17(16)29-19/h2-8,12-13,18H,9-10H2,1H3,(H,27,32)(H,28,29)(H,30,31)/t12-,13-,18?/m0/s1. The van der Waals surface area contributed by atoms with Gasteiger partial charge in [0.2, 0.25) is 11.8 Å². The maximum atomic E-state index is 13.5. The molecule has 1 unspecified atom stereocenters. The van der Waals surface area contributed by atoms with Crippen LogP contribution in [0.15, 0.2) is 42.5 Å². The van der Waals surface area contributed by atoms with Crippen molar-refractivity contribution in [2.24, 2.45) is 5.92 Å². The van der Waals surface area contributed by atoms with Gasteiger partial charge in [0.1, 0.15) is 17.7 Å². The van der Waals surface area contributed by atoms with Gasteiger partial charge in [0, 0.05) is 24.6 Å². The zero-order chi connectivity index (χ0) is 23.8. The van der Waals surface area contributed by atoms with Crippen LogP contribution < -0.4 is 10.6 Å². The van der Waals surface area contributed by atoms with E-state index in [0.717, 1.165) is 17.1 Å². The number of methoxy groups -OCH3 is 1. The number of ether oxygens (including phenoxy) is 1. The third-order valence-electron chi connectivity index (χ3n) is 5.39. The van der Waals surface area contributed by atoms with Gasteiger partial charge in [-0.15, -0.1) is 0 Å². The molecule has 2 aromatic carbocycles. The minimum Gasteiger partial charge on any atom is -0.382 e. The second-order valence-electron chi connectivity index (χ2n) is 7.79. The highest BCUT2D eigenvalue weighted by molar-refractivity contribution is 5.98. The molecular weight excluding hydrogens is 444 g/mol. The van der Waals surface area contributed by atoms with Gasteiger partial charge >= 0.3 is 6.18 Å². The van der Waals surface area contributed by atoms with Crippen LogP contribution in [0.4, 0.5) is 23.2 Å². The number of amides is 2. The molecule has 0 spiro atoms. The van der Waals surface area contributed by atoms with Crippen molar-refractivity contribution < 1.29 is 31.9 Å². The number of fused-ring (bicyclic) bond motifs is 1. The number of aromatic nitrogens is 2. The molecule has 1 fully saturated rings. The van der Waals surface area contributed by atoms with E-state index in [2.05, 4.69) is 20.6 Å². The average Bonchev–Trinajstić information content (AvgIpc) is 3.45. The van der Waals surface area contributed by atoms with Gasteiger partial charge in [-0.3, -0.25) is 9.59 Å². The van der Waals surface area contributed by atoms with Gasteiger partial charge in [0.25, 0.3) is 0 Å². The van der Waals surface area contributed by atoms with Gasteiger partial charge in [-0.1, -0.05) is 12.1 Å². The summed E-state index contributed by atoms with van der Waals surface area (Å²) in [6, 6.07) is 8.42. The SMILES string of the molecule is COCC(NC(=O)[C@H]1C[C@@H]1c1nc2ccccc2[nH]1)C(=O)Nc1ccc(F)c(C(F)(F)F)c1. The van der Waals surface area contributed by atoms with Gasteiger partial charge in [-0.25, -0.2) is 9.37 Å². The molecule has 1 heterocycles. The Hall–Kier alpha value is -3.47. The molecule has 3 N–H and O–H groups in total. The van der Waals surface area contributed by atoms with E-state index in [1.54, 1.807) is 0 Å². The summed E-state index contributed by atoms with van der Waals surface area (Å²) in [7, 11) is 1.32. The Labute approximate surface area is 185 Å². The van der Waals surface area contributed by atoms with Crippen molar-refractivity contribution in [1.29, 1.82) is 0 Å². The second-order valence-corrected chi connectivity index (χ2v) is 7.79. The number of para-hydroxylation sites is 2. The van der Waals surface area contributed by atoms with Crippen LogP contribution in [0, 0.1) is 11.7 Å². The van der Waals surface area contributed by atoms with Gasteiger partial charge in [-0.05, 0) is 36.8 Å². The smallest absolute Gasteiger partial charge is 0.382 e. The number of hydrogen-bond acceptors (Lipinski definition) is 4. The van der Waals surface area contributed by atoms with Crippen molar-refractivity contribution in [3.05, 3.63) is 59.7 Å². The molecule has 0 radical (unpaired) electrons. The van der Waals surface area contributed by atoms with Crippen molar-refractivity contribution in [1.82, 2.24) is 15.3 Å². The number of rotatable bonds is 7. The number of nitrogens with zero attached hydrogens (tertiary/aromatic N) is 1. The predicted molar refractivity (Wildman–Crippen MR) is 111 cm³/mol. The molecule has 2 amide bonds. The van der Waals surface area contributed by atoms with Gasteiger partial charge in [-0.2, -0.15) is 13.2 Å². The molecule has 7 nitrogen and oxygen atoms in total. The Morgan fingerprint density at radius 2 is 2.00 bits per heavy atom. The number of hydrogen-bond donors (Lipinski definition) is 3. The number of H-pyrrole nitrogens is 1. The summed E-state index contributed by atoms with van der Waals surface area (Å²) in [6.07, 6.45) is -4.37. The minimum absolute atomic E-state index is 0.130. The zero-order valence-electron chi connectivity index (χ0n) is 17.4. The van der Waals surface area contributed by atoms with Crippen LogP contribution in [-0.2, 0) is 20.5 Å². The van der Waals surface area contributed by atoms with E-state index in [9.17, 15) is 27.2 Å². The molecule has 1 saturated carbocycles. The summed E-state index contributed by atoms with van der Waals surface area (Å²) in [4.78, 5) is 33.0. The number of alkyl halides is 3. The van der Waals surface area contributed by atoms with E-state index in [4.69, 9.17) is 4.74 Å². The van der Waals surface area contributed by atoms with Crippen molar-refractivity contribution in [3.63, 3.8) is 0 Å². The van der Waals surface area contributed by atoms with Crippen molar-refractivity contribution in [2.45, 2.75) is 24.6 Å². The summed E-state index contributed by atoms with van der Waals surface area (Å²) < 4.78 is 57.2. The lowest BCUT2D eigenvalue weighted by atomic mass is 10.1. The normalized spacial score (nSPS) is 18.7. The molecule has 11 heteroatoms.